The van der Waals surface area contributed by atoms with Crippen molar-refractivity contribution in [2.24, 2.45) is 5.10 Å². The zero-order chi connectivity index (χ0) is 23.5. The van der Waals surface area contributed by atoms with Crippen LogP contribution in [0.2, 0.25) is 0 Å². The van der Waals surface area contributed by atoms with Gasteiger partial charge >= 0.3 is 0 Å². The Labute approximate surface area is 196 Å². The third kappa shape index (κ3) is 4.21. The van der Waals surface area contributed by atoms with Crippen molar-refractivity contribution in [1.82, 2.24) is 15.2 Å². The molecule has 1 N–H and O–H groups in total. The molecule has 0 radical (unpaired) electrons. The Kier molecular flexibility index (Phi) is 5.70. The van der Waals surface area contributed by atoms with Gasteiger partial charge in [0.25, 0.3) is 5.91 Å². The number of rotatable bonds is 5. The SMILES string of the molecule is Cc1cccc(-n2nc(C(=O)N/N=C\c3ccccc3F)cc2-c2cccc3ccccc23)c1. The molecule has 6 heteroatoms. The molecule has 4 aromatic carbocycles. The molecule has 0 saturated carbocycles. The number of hydrogen-bond donors (Lipinski definition) is 1. The molecule has 0 aliphatic heterocycles. The number of hydrazone groups is 1. The van der Waals surface area contributed by atoms with Crippen LogP contribution in [0.1, 0.15) is 21.6 Å². The van der Waals surface area contributed by atoms with Crippen LogP contribution in [0.5, 0.6) is 0 Å². The summed E-state index contributed by atoms with van der Waals surface area (Å²) in [6.07, 6.45) is 1.27. The third-order valence-electron chi connectivity index (χ3n) is 5.53. The Morgan fingerprint density at radius 2 is 1.71 bits per heavy atom. The molecule has 0 saturated heterocycles. The van der Waals surface area contributed by atoms with E-state index in [4.69, 9.17) is 0 Å². The van der Waals surface area contributed by atoms with Gasteiger partial charge in [-0.2, -0.15) is 10.2 Å². The zero-order valence-corrected chi connectivity index (χ0v) is 18.4. The highest BCUT2D eigenvalue weighted by molar-refractivity contribution is 5.99. The average molecular weight is 449 g/mol. The van der Waals surface area contributed by atoms with Crippen LogP contribution >= 0.6 is 0 Å². The number of carbonyl (C=O) groups is 1. The molecular weight excluding hydrogens is 427 g/mol. The maximum absolute atomic E-state index is 13.8. The van der Waals surface area contributed by atoms with Gasteiger partial charge < -0.3 is 0 Å². The van der Waals surface area contributed by atoms with Crippen molar-refractivity contribution in [3.8, 4) is 16.9 Å². The van der Waals surface area contributed by atoms with E-state index in [1.807, 2.05) is 55.5 Å². The van der Waals surface area contributed by atoms with Gasteiger partial charge in [0, 0.05) is 11.1 Å². The van der Waals surface area contributed by atoms with E-state index in [1.54, 1.807) is 28.9 Å². The van der Waals surface area contributed by atoms with Gasteiger partial charge in [0.2, 0.25) is 0 Å². The van der Waals surface area contributed by atoms with Crippen LogP contribution in [0, 0.1) is 12.7 Å². The molecule has 0 atom stereocenters. The molecule has 0 unspecified atom stereocenters. The first-order valence-corrected chi connectivity index (χ1v) is 10.8. The van der Waals surface area contributed by atoms with Gasteiger partial charge in [-0.15, -0.1) is 0 Å². The number of aromatic nitrogens is 2. The minimum absolute atomic E-state index is 0.204. The summed E-state index contributed by atoms with van der Waals surface area (Å²) >= 11 is 0. The molecular formula is C28H21FN4O. The molecule has 0 aliphatic carbocycles. The Balaban J connectivity index is 1.56. The standard InChI is InChI=1S/C28H21FN4O/c1-19-8-6-12-22(16-19)33-27(24-14-7-11-20-9-2-4-13-23(20)24)17-26(32-33)28(34)31-30-18-21-10-3-5-15-25(21)29/h2-18H,1H3,(H,31,34)/b30-18-. The number of halogens is 1. The summed E-state index contributed by atoms with van der Waals surface area (Å²) in [5.41, 5.74) is 6.61. The zero-order valence-electron chi connectivity index (χ0n) is 18.4. The highest BCUT2D eigenvalue weighted by atomic mass is 19.1. The summed E-state index contributed by atoms with van der Waals surface area (Å²) in [6, 6.07) is 30.0. The lowest BCUT2D eigenvalue weighted by molar-refractivity contribution is 0.0949. The first-order chi connectivity index (χ1) is 16.6. The van der Waals surface area contributed by atoms with Gasteiger partial charge in [0.05, 0.1) is 17.6 Å². The molecule has 1 heterocycles. The van der Waals surface area contributed by atoms with E-state index < -0.39 is 11.7 Å². The van der Waals surface area contributed by atoms with Gasteiger partial charge in [-0.25, -0.2) is 14.5 Å². The molecule has 0 aliphatic rings. The lowest BCUT2D eigenvalue weighted by Crippen LogP contribution is -2.18. The lowest BCUT2D eigenvalue weighted by atomic mass is 10.0. The number of fused-ring (bicyclic) bond motifs is 1. The summed E-state index contributed by atoms with van der Waals surface area (Å²) in [7, 11) is 0. The van der Waals surface area contributed by atoms with E-state index in [-0.39, 0.29) is 11.3 Å². The van der Waals surface area contributed by atoms with Crippen LogP contribution in [0.3, 0.4) is 0 Å². The maximum atomic E-state index is 13.8. The summed E-state index contributed by atoms with van der Waals surface area (Å²) in [4.78, 5) is 12.9. The molecule has 0 spiro atoms. The van der Waals surface area contributed by atoms with Gasteiger partial charge in [-0.1, -0.05) is 72.8 Å². The normalized spacial score (nSPS) is 11.2. The fraction of sp³-hybridized carbons (Fsp3) is 0.0357. The number of hydrogen-bond acceptors (Lipinski definition) is 3. The van der Waals surface area contributed by atoms with E-state index in [1.165, 1.54) is 12.3 Å². The highest BCUT2D eigenvalue weighted by Gasteiger charge is 2.18. The van der Waals surface area contributed by atoms with Crippen LogP contribution in [0.4, 0.5) is 4.39 Å². The predicted octanol–water partition coefficient (Wildman–Crippen LogP) is 5.90. The Morgan fingerprint density at radius 3 is 2.56 bits per heavy atom. The Bertz CT molecular complexity index is 1530. The number of benzene rings is 4. The van der Waals surface area contributed by atoms with E-state index in [2.05, 4.69) is 33.8 Å². The number of amides is 1. The second-order valence-corrected chi connectivity index (χ2v) is 7.91. The summed E-state index contributed by atoms with van der Waals surface area (Å²) in [6.45, 7) is 2.01. The largest absolute Gasteiger partial charge is 0.291 e. The monoisotopic (exact) mass is 448 g/mol. The van der Waals surface area contributed by atoms with Gasteiger partial charge in [0.15, 0.2) is 5.69 Å². The fourth-order valence-electron chi connectivity index (χ4n) is 3.89. The molecule has 34 heavy (non-hydrogen) atoms. The molecule has 5 aromatic rings. The quantitative estimate of drug-likeness (QED) is 0.269. The van der Waals surface area contributed by atoms with Crippen molar-refractivity contribution >= 4 is 22.9 Å². The van der Waals surface area contributed by atoms with Crippen LogP contribution < -0.4 is 5.43 Å². The van der Waals surface area contributed by atoms with Crippen molar-refractivity contribution in [3.05, 3.63) is 120 Å². The number of aryl methyl sites for hydroxylation is 1. The van der Waals surface area contributed by atoms with Gasteiger partial charge in [0.1, 0.15) is 5.82 Å². The van der Waals surface area contributed by atoms with Crippen molar-refractivity contribution in [3.63, 3.8) is 0 Å². The third-order valence-corrected chi connectivity index (χ3v) is 5.53. The van der Waals surface area contributed by atoms with Crippen molar-refractivity contribution in [1.29, 1.82) is 0 Å². The minimum atomic E-state index is -0.486. The van der Waals surface area contributed by atoms with Crippen molar-refractivity contribution < 1.29 is 9.18 Å². The first-order valence-electron chi connectivity index (χ1n) is 10.8. The number of nitrogens with zero attached hydrogens (tertiary/aromatic N) is 3. The van der Waals surface area contributed by atoms with Crippen LogP contribution in [-0.4, -0.2) is 21.9 Å². The van der Waals surface area contributed by atoms with Crippen molar-refractivity contribution in [2.45, 2.75) is 6.92 Å². The van der Waals surface area contributed by atoms with Crippen LogP contribution in [0.25, 0.3) is 27.7 Å². The van der Waals surface area contributed by atoms with E-state index in [9.17, 15) is 9.18 Å². The van der Waals surface area contributed by atoms with E-state index in [0.717, 1.165) is 33.3 Å². The molecule has 1 aromatic heterocycles. The predicted molar refractivity (Wildman–Crippen MR) is 133 cm³/mol. The second kappa shape index (κ2) is 9.11. The first kappa shape index (κ1) is 21.3. The van der Waals surface area contributed by atoms with Gasteiger partial charge in [-0.05, 0) is 47.5 Å². The smallest absolute Gasteiger partial charge is 0.265 e. The fourth-order valence-corrected chi connectivity index (χ4v) is 3.89. The van der Waals surface area contributed by atoms with Crippen molar-refractivity contribution in [2.75, 3.05) is 0 Å². The number of nitrogens with one attached hydrogen (secondary N) is 1. The summed E-state index contributed by atoms with van der Waals surface area (Å²) in [5.74, 6) is -0.900. The molecule has 5 rings (SSSR count). The van der Waals surface area contributed by atoms with Crippen LogP contribution in [-0.2, 0) is 0 Å². The van der Waals surface area contributed by atoms with E-state index in [0.29, 0.717) is 0 Å². The average Bonchev–Trinajstić information content (AvgIpc) is 3.30. The molecule has 5 nitrogen and oxygen atoms in total. The summed E-state index contributed by atoms with van der Waals surface area (Å²) < 4.78 is 15.6. The van der Waals surface area contributed by atoms with E-state index >= 15 is 0 Å². The summed E-state index contributed by atoms with van der Waals surface area (Å²) in [5, 5.41) is 10.7. The number of carbonyl (C=O) groups excluding carboxylic acids is 1. The second-order valence-electron chi connectivity index (χ2n) is 7.91. The molecule has 0 fully saturated rings. The van der Waals surface area contributed by atoms with Gasteiger partial charge in [-0.3, -0.25) is 4.79 Å². The van der Waals surface area contributed by atoms with Crippen LogP contribution in [0.15, 0.2) is 102 Å². The lowest BCUT2D eigenvalue weighted by Gasteiger charge is -2.10. The Morgan fingerprint density at radius 1 is 0.941 bits per heavy atom. The Hall–Kier alpha value is -4.58. The minimum Gasteiger partial charge on any atom is -0.265 e. The molecule has 0 bridgehead atoms. The topological polar surface area (TPSA) is 59.3 Å². The molecule has 166 valence electrons. The molecule has 1 amide bonds. The maximum Gasteiger partial charge on any atom is 0.291 e. The highest BCUT2D eigenvalue weighted by Crippen LogP contribution is 2.31.